The molecule has 3 nitrogen and oxygen atoms in total. The summed E-state index contributed by atoms with van der Waals surface area (Å²) in [6, 6.07) is 3.19. The van der Waals surface area contributed by atoms with Crippen LogP contribution in [0.25, 0.3) is 0 Å². The highest BCUT2D eigenvalue weighted by molar-refractivity contribution is 5.71. The second-order valence-electron chi connectivity index (χ2n) is 2.40. The smallest absolute Gasteiger partial charge is 0.168 e. The monoisotopic (exact) mass is 162 g/mol. The van der Waals surface area contributed by atoms with Gasteiger partial charge in [0.2, 0.25) is 0 Å². The van der Waals surface area contributed by atoms with Crippen LogP contribution in [-0.4, -0.2) is 11.3 Å². The van der Waals surface area contributed by atoms with Crippen LogP contribution < -0.4 is 5.73 Å². The Bertz CT molecular complexity index is 279. The van der Waals surface area contributed by atoms with Gasteiger partial charge >= 0.3 is 0 Å². The lowest BCUT2D eigenvalue weighted by Crippen LogP contribution is -2.06. The molecule has 0 spiro atoms. The molecule has 0 fully saturated rings. The number of carbonyl (C=O) groups excluding carboxylic acids is 1. The van der Waals surface area contributed by atoms with Crippen molar-refractivity contribution in [3.63, 3.8) is 0 Å². The van der Waals surface area contributed by atoms with Crippen LogP contribution in [0.5, 0.6) is 0 Å². The van der Waals surface area contributed by atoms with Gasteiger partial charge in [-0.15, -0.1) is 6.58 Å². The van der Waals surface area contributed by atoms with Gasteiger partial charge in [-0.3, -0.25) is 9.78 Å². The molecule has 3 heteroatoms. The Kier molecular flexibility index (Phi) is 2.71. The summed E-state index contributed by atoms with van der Waals surface area (Å²) < 4.78 is 0. The Balaban J connectivity index is 2.91. The third-order valence-corrected chi connectivity index (χ3v) is 1.57. The highest BCUT2D eigenvalue weighted by atomic mass is 16.1. The number of pyridine rings is 1. The topological polar surface area (TPSA) is 56.0 Å². The lowest BCUT2D eigenvalue weighted by molar-refractivity contribution is 0.111. The molecule has 0 unspecified atom stereocenters. The summed E-state index contributed by atoms with van der Waals surface area (Å²) in [5.41, 5.74) is 6.91. The molecule has 1 rings (SSSR count). The van der Waals surface area contributed by atoms with Gasteiger partial charge in [0, 0.05) is 12.2 Å². The largest absolute Gasteiger partial charge is 0.321 e. The first-order chi connectivity index (χ1) is 5.77. The van der Waals surface area contributed by atoms with Gasteiger partial charge in [-0.05, 0) is 11.6 Å². The molecule has 0 aliphatic rings. The predicted molar refractivity (Wildman–Crippen MR) is 46.7 cm³/mol. The third-order valence-electron chi connectivity index (χ3n) is 1.57. The standard InChI is InChI=1S/C9H10N2O/c1-2-9(10)7-3-4-8(6-12)11-5-7/h2-6,9H,1,10H2/t9-/m1/s1. The van der Waals surface area contributed by atoms with Gasteiger partial charge in [0.05, 0.1) is 0 Å². The van der Waals surface area contributed by atoms with Crippen LogP contribution in [0.15, 0.2) is 31.0 Å². The van der Waals surface area contributed by atoms with E-state index in [1.807, 2.05) is 0 Å². The minimum atomic E-state index is -0.210. The summed E-state index contributed by atoms with van der Waals surface area (Å²) in [6.45, 7) is 3.56. The zero-order valence-electron chi connectivity index (χ0n) is 6.60. The van der Waals surface area contributed by atoms with Crippen molar-refractivity contribution in [3.05, 3.63) is 42.2 Å². The molecule has 0 aliphatic carbocycles. The highest BCUT2D eigenvalue weighted by Crippen LogP contribution is 2.08. The molecule has 1 atom stereocenters. The SMILES string of the molecule is C=C[C@@H](N)c1ccc(C=O)nc1. The van der Waals surface area contributed by atoms with Gasteiger partial charge in [-0.1, -0.05) is 12.1 Å². The van der Waals surface area contributed by atoms with E-state index in [9.17, 15) is 4.79 Å². The molecule has 0 amide bonds. The molecule has 0 aromatic carbocycles. The molecular formula is C9H10N2O. The molecule has 0 bridgehead atoms. The van der Waals surface area contributed by atoms with Crippen molar-refractivity contribution in [3.8, 4) is 0 Å². The second kappa shape index (κ2) is 3.78. The Labute approximate surface area is 70.9 Å². The minimum absolute atomic E-state index is 0.210. The summed E-state index contributed by atoms with van der Waals surface area (Å²) in [7, 11) is 0. The van der Waals surface area contributed by atoms with E-state index in [0.29, 0.717) is 12.0 Å². The average Bonchev–Trinajstić information content (AvgIpc) is 2.17. The van der Waals surface area contributed by atoms with E-state index >= 15 is 0 Å². The molecule has 62 valence electrons. The van der Waals surface area contributed by atoms with Crippen molar-refractivity contribution in [2.75, 3.05) is 0 Å². The Morgan fingerprint density at radius 2 is 2.33 bits per heavy atom. The van der Waals surface area contributed by atoms with Crippen LogP contribution in [-0.2, 0) is 0 Å². The zero-order chi connectivity index (χ0) is 8.97. The van der Waals surface area contributed by atoms with Gasteiger partial charge < -0.3 is 5.73 Å². The van der Waals surface area contributed by atoms with Crippen LogP contribution in [0.1, 0.15) is 22.1 Å². The maximum Gasteiger partial charge on any atom is 0.168 e. The highest BCUT2D eigenvalue weighted by Gasteiger charge is 2.00. The lowest BCUT2D eigenvalue weighted by Gasteiger charge is -2.04. The van der Waals surface area contributed by atoms with E-state index in [2.05, 4.69) is 11.6 Å². The predicted octanol–water partition coefficient (Wildman–Crippen LogP) is 1.08. The van der Waals surface area contributed by atoms with Gasteiger partial charge in [-0.2, -0.15) is 0 Å². The van der Waals surface area contributed by atoms with Crippen molar-refractivity contribution in [2.45, 2.75) is 6.04 Å². The van der Waals surface area contributed by atoms with E-state index in [1.54, 1.807) is 24.4 Å². The fourth-order valence-corrected chi connectivity index (χ4v) is 0.820. The molecule has 0 saturated heterocycles. The van der Waals surface area contributed by atoms with Gasteiger partial charge in [0.1, 0.15) is 5.69 Å². The summed E-state index contributed by atoms with van der Waals surface area (Å²) in [5, 5.41) is 0. The Morgan fingerprint density at radius 3 is 2.75 bits per heavy atom. The van der Waals surface area contributed by atoms with Crippen LogP contribution in [0.4, 0.5) is 0 Å². The molecule has 0 saturated carbocycles. The average molecular weight is 162 g/mol. The van der Waals surface area contributed by atoms with Crippen molar-refractivity contribution in [2.24, 2.45) is 5.73 Å². The summed E-state index contributed by atoms with van der Waals surface area (Å²) in [6.07, 6.45) is 3.90. The van der Waals surface area contributed by atoms with Crippen molar-refractivity contribution < 1.29 is 4.79 Å². The van der Waals surface area contributed by atoms with Gasteiger partial charge in [0.15, 0.2) is 6.29 Å². The molecular weight excluding hydrogens is 152 g/mol. The number of aldehydes is 1. The fraction of sp³-hybridized carbons (Fsp3) is 0.111. The molecule has 1 aromatic heterocycles. The van der Waals surface area contributed by atoms with Crippen LogP contribution in [0.3, 0.4) is 0 Å². The van der Waals surface area contributed by atoms with E-state index < -0.39 is 0 Å². The number of rotatable bonds is 3. The van der Waals surface area contributed by atoms with E-state index in [4.69, 9.17) is 5.73 Å². The van der Waals surface area contributed by atoms with E-state index in [-0.39, 0.29) is 6.04 Å². The van der Waals surface area contributed by atoms with Crippen LogP contribution >= 0.6 is 0 Å². The normalized spacial score (nSPS) is 12.1. The number of carbonyl (C=O) groups is 1. The number of hydrogen-bond acceptors (Lipinski definition) is 3. The first-order valence-corrected chi connectivity index (χ1v) is 3.57. The molecule has 0 radical (unpaired) electrons. The maximum atomic E-state index is 10.2. The molecule has 2 N–H and O–H groups in total. The van der Waals surface area contributed by atoms with Gasteiger partial charge in [-0.25, -0.2) is 0 Å². The number of nitrogens with two attached hydrogens (primary N) is 1. The number of aromatic nitrogens is 1. The first kappa shape index (κ1) is 8.62. The third kappa shape index (κ3) is 1.77. The first-order valence-electron chi connectivity index (χ1n) is 3.57. The summed E-state index contributed by atoms with van der Waals surface area (Å²) in [5.74, 6) is 0. The van der Waals surface area contributed by atoms with E-state index in [0.717, 1.165) is 5.56 Å². The summed E-state index contributed by atoms with van der Waals surface area (Å²) in [4.78, 5) is 14.1. The van der Waals surface area contributed by atoms with E-state index in [1.165, 1.54) is 0 Å². The number of hydrogen-bond donors (Lipinski definition) is 1. The quantitative estimate of drug-likeness (QED) is 0.534. The van der Waals surface area contributed by atoms with Crippen LogP contribution in [0, 0.1) is 0 Å². The van der Waals surface area contributed by atoms with Gasteiger partial charge in [0.25, 0.3) is 0 Å². The van der Waals surface area contributed by atoms with Crippen molar-refractivity contribution in [1.82, 2.24) is 4.98 Å². The number of nitrogens with zero attached hydrogens (tertiary/aromatic N) is 1. The zero-order valence-corrected chi connectivity index (χ0v) is 6.60. The molecule has 12 heavy (non-hydrogen) atoms. The molecule has 1 heterocycles. The molecule has 0 aliphatic heterocycles. The maximum absolute atomic E-state index is 10.2. The summed E-state index contributed by atoms with van der Waals surface area (Å²) >= 11 is 0. The molecule has 1 aromatic rings. The van der Waals surface area contributed by atoms with Crippen molar-refractivity contribution >= 4 is 6.29 Å². The van der Waals surface area contributed by atoms with Crippen LogP contribution in [0.2, 0.25) is 0 Å². The van der Waals surface area contributed by atoms with Crippen molar-refractivity contribution in [1.29, 1.82) is 0 Å². The fourth-order valence-electron chi connectivity index (χ4n) is 0.820. The minimum Gasteiger partial charge on any atom is -0.321 e. The lowest BCUT2D eigenvalue weighted by atomic mass is 10.1. The Hall–Kier alpha value is -1.48. The second-order valence-corrected chi connectivity index (χ2v) is 2.40. The Morgan fingerprint density at radius 1 is 1.58 bits per heavy atom.